The predicted molar refractivity (Wildman–Crippen MR) is 100 cm³/mol. The number of carbonyl (C=O) groups is 1. The zero-order valence-electron chi connectivity index (χ0n) is 13.3. The highest BCUT2D eigenvalue weighted by atomic mass is 35.5. The first-order valence-corrected chi connectivity index (χ1v) is 8.91. The lowest BCUT2D eigenvalue weighted by molar-refractivity contribution is 0.102. The van der Waals surface area contributed by atoms with Gasteiger partial charge in [-0.3, -0.25) is 14.8 Å². The van der Waals surface area contributed by atoms with Gasteiger partial charge in [-0.15, -0.1) is 0 Å². The van der Waals surface area contributed by atoms with E-state index in [1.807, 2.05) is 24.3 Å². The van der Waals surface area contributed by atoms with Crippen LogP contribution in [0, 0.1) is 5.82 Å². The molecular weight excluding hydrogens is 375 g/mol. The highest BCUT2D eigenvalue weighted by Crippen LogP contribution is 2.26. The van der Waals surface area contributed by atoms with Crippen LogP contribution in [-0.4, -0.2) is 20.7 Å². The van der Waals surface area contributed by atoms with Gasteiger partial charge < -0.3 is 0 Å². The Bertz CT molecular complexity index is 1110. The Morgan fingerprint density at radius 3 is 2.96 bits per heavy atom. The molecule has 0 radical (unpaired) electrons. The second-order valence-electron chi connectivity index (χ2n) is 5.60. The van der Waals surface area contributed by atoms with Gasteiger partial charge in [0.1, 0.15) is 5.82 Å². The van der Waals surface area contributed by atoms with Crippen molar-refractivity contribution in [3.8, 4) is 0 Å². The van der Waals surface area contributed by atoms with E-state index >= 15 is 0 Å². The Morgan fingerprint density at radius 2 is 2.12 bits per heavy atom. The first kappa shape index (κ1) is 16.7. The zero-order valence-corrected chi connectivity index (χ0v) is 14.9. The van der Waals surface area contributed by atoms with Crippen LogP contribution in [0.5, 0.6) is 0 Å². The fourth-order valence-corrected chi connectivity index (χ4v) is 3.57. The average molecular weight is 387 g/mol. The molecule has 0 saturated heterocycles. The van der Waals surface area contributed by atoms with Crippen molar-refractivity contribution in [2.24, 2.45) is 0 Å². The molecule has 0 aliphatic heterocycles. The SMILES string of the molecule is O=C(Nc1nc2ccc(F)cc2s1)c1cnn(Cc2ccccc2Cl)c1. The molecule has 2 heterocycles. The number of fused-ring (bicyclic) bond motifs is 1. The summed E-state index contributed by atoms with van der Waals surface area (Å²) >= 11 is 7.36. The van der Waals surface area contributed by atoms with Crippen LogP contribution >= 0.6 is 22.9 Å². The first-order valence-electron chi connectivity index (χ1n) is 7.72. The first-order chi connectivity index (χ1) is 12.6. The van der Waals surface area contributed by atoms with Gasteiger partial charge in [0, 0.05) is 11.2 Å². The number of aromatic nitrogens is 3. The minimum Gasteiger partial charge on any atom is -0.298 e. The summed E-state index contributed by atoms with van der Waals surface area (Å²) in [5, 5.41) is 7.98. The summed E-state index contributed by atoms with van der Waals surface area (Å²) in [5.74, 6) is -0.658. The van der Waals surface area contributed by atoms with Gasteiger partial charge in [0.05, 0.1) is 28.5 Å². The van der Waals surface area contributed by atoms with E-state index in [4.69, 9.17) is 11.6 Å². The van der Waals surface area contributed by atoms with Crippen molar-refractivity contribution < 1.29 is 9.18 Å². The molecule has 130 valence electrons. The Labute approximate surface area is 157 Å². The molecule has 0 bridgehead atoms. The molecule has 4 aromatic rings. The van der Waals surface area contributed by atoms with Gasteiger partial charge in [-0.2, -0.15) is 5.10 Å². The van der Waals surface area contributed by atoms with Crippen LogP contribution in [0.1, 0.15) is 15.9 Å². The van der Waals surface area contributed by atoms with Gasteiger partial charge in [-0.25, -0.2) is 9.37 Å². The molecule has 1 N–H and O–H groups in total. The number of carbonyl (C=O) groups excluding carboxylic acids is 1. The topological polar surface area (TPSA) is 59.8 Å². The van der Waals surface area contributed by atoms with Crippen LogP contribution < -0.4 is 5.32 Å². The van der Waals surface area contributed by atoms with E-state index in [0.717, 1.165) is 5.56 Å². The number of amides is 1. The lowest BCUT2D eigenvalue weighted by Crippen LogP contribution is -2.10. The Morgan fingerprint density at radius 1 is 1.27 bits per heavy atom. The molecular formula is C18H12ClFN4OS. The molecule has 2 aromatic carbocycles. The van der Waals surface area contributed by atoms with Gasteiger partial charge >= 0.3 is 0 Å². The van der Waals surface area contributed by atoms with Crippen LogP contribution in [-0.2, 0) is 6.54 Å². The zero-order chi connectivity index (χ0) is 18.1. The number of hydrogen-bond donors (Lipinski definition) is 1. The minimum atomic E-state index is -0.333. The van der Waals surface area contributed by atoms with Gasteiger partial charge in [0.2, 0.25) is 0 Å². The van der Waals surface area contributed by atoms with E-state index in [1.54, 1.807) is 16.9 Å². The molecule has 0 spiro atoms. The molecule has 2 aromatic heterocycles. The fourth-order valence-electron chi connectivity index (χ4n) is 2.49. The van der Waals surface area contributed by atoms with Gasteiger partial charge in [0.15, 0.2) is 5.13 Å². The lowest BCUT2D eigenvalue weighted by Gasteiger charge is -2.03. The van der Waals surface area contributed by atoms with Crippen molar-refractivity contribution in [3.63, 3.8) is 0 Å². The van der Waals surface area contributed by atoms with Crippen LogP contribution in [0.15, 0.2) is 54.9 Å². The average Bonchev–Trinajstić information content (AvgIpc) is 3.23. The number of hydrogen-bond acceptors (Lipinski definition) is 4. The van der Waals surface area contributed by atoms with Gasteiger partial charge in [0.25, 0.3) is 5.91 Å². The minimum absolute atomic E-state index is 0.324. The maximum atomic E-state index is 13.3. The Hall–Kier alpha value is -2.77. The summed E-state index contributed by atoms with van der Waals surface area (Å²) in [5.41, 5.74) is 1.96. The molecule has 4 rings (SSSR count). The van der Waals surface area contributed by atoms with Crippen molar-refractivity contribution in [1.82, 2.24) is 14.8 Å². The van der Waals surface area contributed by atoms with E-state index in [-0.39, 0.29) is 11.7 Å². The van der Waals surface area contributed by atoms with Crippen molar-refractivity contribution in [2.75, 3.05) is 5.32 Å². The van der Waals surface area contributed by atoms with E-state index in [1.165, 1.54) is 29.7 Å². The molecule has 1 amide bonds. The molecule has 26 heavy (non-hydrogen) atoms. The van der Waals surface area contributed by atoms with Crippen molar-refractivity contribution in [3.05, 3.63) is 76.8 Å². The van der Waals surface area contributed by atoms with E-state index in [9.17, 15) is 9.18 Å². The maximum absolute atomic E-state index is 13.3. The lowest BCUT2D eigenvalue weighted by atomic mass is 10.2. The molecule has 5 nitrogen and oxygen atoms in total. The number of thiazole rings is 1. The van der Waals surface area contributed by atoms with Gasteiger partial charge in [-0.1, -0.05) is 41.1 Å². The third-order valence-corrected chi connectivity index (χ3v) is 5.06. The van der Waals surface area contributed by atoms with Gasteiger partial charge in [-0.05, 0) is 29.8 Å². The highest BCUT2D eigenvalue weighted by molar-refractivity contribution is 7.22. The maximum Gasteiger partial charge on any atom is 0.260 e. The van der Waals surface area contributed by atoms with Crippen LogP contribution in [0.2, 0.25) is 5.02 Å². The summed E-state index contributed by atoms with van der Waals surface area (Å²) in [6.45, 7) is 0.466. The highest BCUT2D eigenvalue weighted by Gasteiger charge is 2.13. The Balaban J connectivity index is 1.49. The molecule has 0 unspecified atom stereocenters. The van der Waals surface area contributed by atoms with Crippen LogP contribution in [0.3, 0.4) is 0 Å². The largest absolute Gasteiger partial charge is 0.298 e. The molecule has 0 fully saturated rings. The monoisotopic (exact) mass is 386 g/mol. The van der Waals surface area contributed by atoms with Crippen LogP contribution in [0.25, 0.3) is 10.2 Å². The third kappa shape index (κ3) is 3.44. The van der Waals surface area contributed by atoms with E-state index in [0.29, 0.717) is 32.5 Å². The fraction of sp³-hybridized carbons (Fsp3) is 0.0556. The molecule has 0 aliphatic carbocycles. The standard InChI is InChI=1S/C18H12ClFN4OS/c19-14-4-2-1-3-11(14)9-24-10-12(8-21-24)17(25)23-18-22-15-6-5-13(20)7-16(15)26-18/h1-8,10H,9H2,(H,22,23,25). The smallest absolute Gasteiger partial charge is 0.260 e. The number of nitrogens with zero attached hydrogens (tertiary/aromatic N) is 3. The number of halogens is 2. The predicted octanol–water partition coefficient (Wildman–Crippen LogP) is 4.59. The molecule has 0 saturated carbocycles. The van der Waals surface area contributed by atoms with Crippen molar-refractivity contribution in [1.29, 1.82) is 0 Å². The second-order valence-corrected chi connectivity index (χ2v) is 7.04. The van der Waals surface area contributed by atoms with Crippen molar-refractivity contribution >= 4 is 44.2 Å². The number of rotatable bonds is 4. The second kappa shape index (κ2) is 6.86. The molecule has 8 heteroatoms. The third-order valence-electron chi connectivity index (χ3n) is 3.76. The van der Waals surface area contributed by atoms with Crippen LogP contribution in [0.4, 0.5) is 9.52 Å². The summed E-state index contributed by atoms with van der Waals surface area (Å²) in [6, 6.07) is 11.8. The normalized spacial score (nSPS) is 11.0. The summed E-state index contributed by atoms with van der Waals surface area (Å²) in [6.07, 6.45) is 3.13. The van der Waals surface area contributed by atoms with E-state index in [2.05, 4.69) is 15.4 Å². The molecule has 0 atom stereocenters. The van der Waals surface area contributed by atoms with E-state index < -0.39 is 0 Å². The summed E-state index contributed by atoms with van der Waals surface area (Å²) in [4.78, 5) is 16.7. The Kier molecular flexibility index (Phi) is 4.40. The summed E-state index contributed by atoms with van der Waals surface area (Å²) < 4.78 is 15.6. The number of anilines is 1. The molecule has 0 aliphatic rings. The van der Waals surface area contributed by atoms with Crippen molar-refractivity contribution in [2.45, 2.75) is 6.54 Å². The summed E-state index contributed by atoms with van der Waals surface area (Å²) in [7, 11) is 0. The number of nitrogens with one attached hydrogen (secondary N) is 1. The number of benzene rings is 2. The quantitative estimate of drug-likeness (QED) is 0.558.